The number of carboxylic acid groups (broad SMARTS) is 2. The van der Waals surface area contributed by atoms with Crippen LogP contribution in [0, 0.1) is 0 Å². The van der Waals surface area contributed by atoms with E-state index in [4.69, 9.17) is 10.2 Å². The van der Waals surface area contributed by atoms with Gasteiger partial charge in [0.25, 0.3) is 0 Å². The predicted molar refractivity (Wildman–Crippen MR) is 37.4 cm³/mol. The molecule has 5 nitrogen and oxygen atoms in total. The van der Waals surface area contributed by atoms with Gasteiger partial charge in [0.2, 0.25) is 6.10 Å². The monoisotopic (exact) mass is 170 g/mol. The third kappa shape index (κ3) is 1.63. The summed E-state index contributed by atoms with van der Waals surface area (Å²) < 4.78 is 4.58. The van der Waals surface area contributed by atoms with Gasteiger partial charge in [-0.3, -0.25) is 0 Å². The summed E-state index contributed by atoms with van der Waals surface area (Å²) in [5.74, 6) is -2.29. The molecule has 0 aromatic rings. The number of aliphatic carboxylic acids is 2. The van der Waals surface area contributed by atoms with E-state index < -0.39 is 18.0 Å². The van der Waals surface area contributed by atoms with E-state index in [1.165, 1.54) is 12.2 Å². The highest BCUT2D eigenvalue weighted by Crippen LogP contribution is 2.09. The first kappa shape index (κ1) is 8.32. The molecule has 0 aliphatic carbocycles. The van der Waals surface area contributed by atoms with Crippen LogP contribution < -0.4 is 0 Å². The molecule has 1 rings (SSSR count). The van der Waals surface area contributed by atoms with Crippen molar-refractivity contribution in [3.63, 3.8) is 0 Å². The van der Waals surface area contributed by atoms with E-state index in [0.717, 1.165) is 6.26 Å². The minimum atomic E-state index is -1.15. The van der Waals surface area contributed by atoms with Crippen LogP contribution in [0.1, 0.15) is 0 Å². The van der Waals surface area contributed by atoms with E-state index in [2.05, 4.69) is 4.74 Å². The van der Waals surface area contributed by atoms with E-state index in [0.29, 0.717) is 0 Å². The van der Waals surface area contributed by atoms with Gasteiger partial charge in [0, 0.05) is 0 Å². The van der Waals surface area contributed by atoms with E-state index in [9.17, 15) is 9.59 Å². The van der Waals surface area contributed by atoms with Gasteiger partial charge in [-0.1, -0.05) is 0 Å². The van der Waals surface area contributed by atoms with Crippen LogP contribution in [0.15, 0.2) is 24.0 Å². The molecule has 0 radical (unpaired) electrons. The van der Waals surface area contributed by atoms with Crippen molar-refractivity contribution in [3.05, 3.63) is 24.0 Å². The molecule has 0 fully saturated rings. The fourth-order valence-electron chi connectivity index (χ4n) is 0.685. The third-order valence-corrected chi connectivity index (χ3v) is 1.28. The van der Waals surface area contributed by atoms with Gasteiger partial charge < -0.3 is 14.9 Å². The second-order valence-electron chi connectivity index (χ2n) is 2.13. The fraction of sp³-hybridized carbons (Fsp3) is 0.143. The zero-order chi connectivity index (χ0) is 9.14. The molecule has 0 saturated heterocycles. The van der Waals surface area contributed by atoms with Crippen molar-refractivity contribution in [1.29, 1.82) is 0 Å². The summed E-state index contributed by atoms with van der Waals surface area (Å²) in [7, 11) is 0. The Hall–Kier alpha value is -1.78. The predicted octanol–water partition coefficient (Wildman–Crippen LogP) is -0.00550. The Morgan fingerprint density at radius 3 is 2.42 bits per heavy atom. The third-order valence-electron chi connectivity index (χ3n) is 1.28. The maximum atomic E-state index is 10.3. The van der Waals surface area contributed by atoms with Crippen LogP contribution in [0.2, 0.25) is 0 Å². The molecule has 0 amide bonds. The van der Waals surface area contributed by atoms with Crippen molar-refractivity contribution in [2.24, 2.45) is 0 Å². The minimum Gasteiger partial charge on any atom is -0.481 e. The molecule has 1 atom stereocenters. The highest BCUT2D eigenvalue weighted by Gasteiger charge is 2.19. The van der Waals surface area contributed by atoms with Crippen molar-refractivity contribution in [3.8, 4) is 0 Å². The van der Waals surface area contributed by atoms with E-state index in [-0.39, 0.29) is 5.57 Å². The van der Waals surface area contributed by atoms with E-state index >= 15 is 0 Å². The van der Waals surface area contributed by atoms with Crippen LogP contribution in [-0.4, -0.2) is 28.3 Å². The normalized spacial score (nSPS) is 21.0. The van der Waals surface area contributed by atoms with Gasteiger partial charge >= 0.3 is 11.9 Å². The summed E-state index contributed by atoms with van der Waals surface area (Å²) in [6.07, 6.45) is 2.21. The zero-order valence-corrected chi connectivity index (χ0v) is 5.93. The number of hydrogen-bond acceptors (Lipinski definition) is 3. The standard InChI is InChI=1S/C7H6O5/c8-6(9)4-1-2-5(7(10)11)12-3-4/h1-3,5H,(H,8,9)(H,10,11). The van der Waals surface area contributed by atoms with Crippen LogP contribution in [0.3, 0.4) is 0 Å². The van der Waals surface area contributed by atoms with Gasteiger partial charge in [0.05, 0.1) is 11.8 Å². The molecule has 0 aromatic carbocycles. The molecule has 64 valence electrons. The van der Waals surface area contributed by atoms with Crippen molar-refractivity contribution in [2.45, 2.75) is 6.10 Å². The van der Waals surface area contributed by atoms with Crippen molar-refractivity contribution >= 4 is 11.9 Å². The zero-order valence-electron chi connectivity index (χ0n) is 5.93. The smallest absolute Gasteiger partial charge is 0.349 e. The molecular weight excluding hydrogens is 164 g/mol. The molecule has 1 unspecified atom stereocenters. The van der Waals surface area contributed by atoms with Crippen LogP contribution in [-0.2, 0) is 14.3 Å². The van der Waals surface area contributed by atoms with Gasteiger partial charge in [-0.05, 0) is 12.2 Å². The fourth-order valence-corrected chi connectivity index (χ4v) is 0.685. The molecule has 0 saturated carbocycles. The van der Waals surface area contributed by atoms with Gasteiger partial charge in [0.1, 0.15) is 0 Å². The Bertz CT molecular complexity index is 276. The summed E-state index contributed by atoms with van der Waals surface area (Å²) in [5, 5.41) is 16.8. The quantitative estimate of drug-likeness (QED) is 0.609. The first-order valence-corrected chi connectivity index (χ1v) is 3.11. The molecular formula is C7H6O5. The lowest BCUT2D eigenvalue weighted by Gasteiger charge is -2.11. The molecule has 0 bridgehead atoms. The number of ether oxygens (including phenoxy) is 1. The molecule has 0 spiro atoms. The molecule has 0 aromatic heterocycles. The lowest BCUT2D eigenvalue weighted by molar-refractivity contribution is -0.145. The van der Waals surface area contributed by atoms with Crippen LogP contribution in [0.4, 0.5) is 0 Å². The number of carbonyl (C=O) groups is 2. The summed E-state index contributed by atoms with van der Waals surface area (Å²) in [6.45, 7) is 0. The maximum Gasteiger partial charge on any atom is 0.349 e. The Balaban J connectivity index is 2.68. The van der Waals surface area contributed by atoms with E-state index in [1.807, 2.05) is 0 Å². The van der Waals surface area contributed by atoms with Crippen LogP contribution in [0.25, 0.3) is 0 Å². The molecule has 12 heavy (non-hydrogen) atoms. The molecule has 1 aliphatic heterocycles. The number of hydrogen-bond donors (Lipinski definition) is 2. The van der Waals surface area contributed by atoms with E-state index in [1.54, 1.807) is 0 Å². The Labute approximate surface area is 67.6 Å². The largest absolute Gasteiger partial charge is 0.481 e. The average molecular weight is 170 g/mol. The first-order valence-electron chi connectivity index (χ1n) is 3.11. The average Bonchev–Trinajstić information content (AvgIpc) is 2.04. The second kappa shape index (κ2) is 3.08. The lowest BCUT2D eigenvalue weighted by atomic mass is 10.2. The first-order chi connectivity index (χ1) is 5.61. The topological polar surface area (TPSA) is 83.8 Å². The van der Waals surface area contributed by atoms with Crippen LogP contribution in [0.5, 0.6) is 0 Å². The number of carboxylic acids is 2. The van der Waals surface area contributed by atoms with Crippen LogP contribution >= 0.6 is 0 Å². The second-order valence-corrected chi connectivity index (χ2v) is 2.13. The minimum absolute atomic E-state index is 0.0625. The molecule has 1 heterocycles. The SMILES string of the molecule is O=C(O)C1=COC(C(=O)O)C=C1. The van der Waals surface area contributed by atoms with Gasteiger partial charge in [-0.15, -0.1) is 0 Å². The Morgan fingerprint density at radius 1 is 1.42 bits per heavy atom. The van der Waals surface area contributed by atoms with Gasteiger partial charge in [-0.25, -0.2) is 9.59 Å². The maximum absolute atomic E-state index is 10.3. The Kier molecular flexibility index (Phi) is 2.14. The Morgan fingerprint density at radius 2 is 2.08 bits per heavy atom. The summed E-state index contributed by atoms with van der Waals surface area (Å²) in [5.41, 5.74) is -0.0625. The van der Waals surface area contributed by atoms with Crippen molar-refractivity contribution < 1.29 is 24.5 Å². The van der Waals surface area contributed by atoms with Crippen molar-refractivity contribution in [1.82, 2.24) is 0 Å². The van der Waals surface area contributed by atoms with Crippen molar-refractivity contribution in [2.75, 3.05) is 0 Å². The molecule has 5 heteroatoms. The van der Waals surface area contributed by atoms with Gasteiger partial charge in [0.15, 0.2) is 0 Å². The van der Waals surface area contributed by atoms with Gasteiger partial charge in [-0.2, -0.15) is 0 Å². The number of rotatable bonds is 2. The summed E-state index contributed by atoms with van der Waals surface area (Å²) >= 11 is 0. The lowest BCUT2D eigenvalue weighted by Crippen LogP contribution is -2.22. The summed E-state index contributed by atoms with van der Waals surface area (Å²) in [4.78, 5) is 20.6. The highest BCUT2D eigenvalue weighted by molar-refractivity contribution is 5.90. The summed E-state index contributed by atoms with van der Waals surface area (Å²) in [6, 6.07) is 0. The molecule has 1 aliphatic rings. The molecule has 2 N–H and O–H groups in total. The highest BCUT2D eigenvalue weighted by atomic mass is 16.5.